The largest absolute Gasteiger partial charge is 0.370 e. The lowest BCUT2D eigenvalue weighted by atomic mass is 10.1. The summed E-state index contributed by atoms with van der Waals surface area (Å²) in [4.78, 5) is 2.16. The SMILES string of the molecule is CN(Cc1ccc(Br)cc1)c1cc(Cl)ccc1CCl. The van der Waals surface area contributed by atoms with Gasteiger partial charge in [0.15, 0.2) is 0 Å². The van der Waals surface area contributed by atoms with Gasteiger partial charge in [-0.25, -0.2) is 0 Å². The molecule has 1 nitrogen and oxygen atoms in total. The van der Waals surface area contributed by atoms with Gasteiger partial charge < -0.3 is 4.90 Å². The van der Waals surface area contributed by atoms with Gasteiger partial charge in [0.05, 0.1) is 0 Å². The van der Waals surface area contributed by atoms with E-state index in [0.29, 0.717) is 5.88 Å². The van der Waals surface area contributed by atoms with Gasteiger partial charge >= 0.3 is 0 Å². The second kappa shape index (κ2) is 6.65. The maximum absolute atomic E-state index is 6.07. The Morgan fingerprint density at radius 1 is 1.11 bits per heavy atom. The number of halogens is 3. The first-order valence-corrected chi connectivity index (χ1v) is 7.60. The number of rotatable bonds is 4. The molecule has 0 spiro atoms. The fraction of sp³-hybridized carbons (Fsp3) is 0.200. The normalized spacial score (nSPS) is 10.5. The van der Waals surface area contributed by atoms with Crippen LogP contribution in [-0.2, 0) is 12.4 Å². The van der Waals surface area contributed by atoms with Crippen molar-refractivity contribution in [1.29, 1.82) is 0 Å². The fourth-order valence-corrected chi connectivity index (χ4v) is 2.61. The zero-order valence-electron chi connectivity index (χ0n) is 10.5. The van der Waals surface area contributed by atoms with Gasteiger partial charge in [-0.3, -0.25) is 0 Å². The van der Waals surface area contributed by atoms with Crippen LogP contribution >= 0.6 is 39.1 Å². The molecule has 2 aromatic rings. The smallest absolute Gasteiger partial charge is 0.0494 e. The molecule has 4 heteroatoms. The van der Waals surface area contributed by atoms with Crippen molar-refractivity contribution in [1.82, 2.24) is 0 Å². The number of benzene rings is 2. The lowest BCUT2D eigenvalue weighted by Gasteiger charge is -2.22. The third kappa shape index (κ3) is 3.88. The molecule has 0 aliphatic rings. The molecule has 0 saturated carbocycles. The summed E-state index contributed by atoms with van der Waals surface area (Å²) in [5.41, 5.74) is 3.40. The Morgan fingerprint density at radius 3 is 2.42 bits per heavy atom. The first-order valence-electron chi connectivity index (χ1n) is 5.90. The predicted molar refractivity (Wildman–Crippen MR) is 87.3 cm³/mol. The highest BCUT2D eigenvalue weighted by atomic mass is 79.9. The summed E-state index contributed by atoms with van der Waals surface area (Å²) in [6, 6.07) is 14.1. The van der Waals surface area contributed by atoms with Crippen LogP contribution in [0.2, 0.25) is 5.02 Å². The summed E-state index contributed by atoms with van der Waals surface area (Å²) in [6.07, 6.45) is 0. The molecule has 100 valence electrons. The van der Waals surface area contributed by atoms with Crippen molar-refractivity contribution >= 4 is 44.8 Å². The van der Waals surface area contributed by atoms with Crippen LogP contribution in [0, 0.1) is 0 Å². The summed E-state index contributed by atoms with van der Waals surface area (Å²) >= 11 is 15.5. The molecular weight excluding hydrogens is 345 g/mol. The van der Waals surface area contributed by atoms with E-state index in [1.54, 1.807) is 0 Å². The van der Waals surface area contributed by atoms with Crippen molar-refractivity contribution in [3.63, 3.8) is 0 Å². The van der Waals surface area contributed by atoms with Crippen LogP contribution in [-0.4, -0.2) is 7.05 Å². The van der Waals surface area contributed by atoms with Crippen molar-refractivity contribution < 1.29 is 0 Å². The number of nitrogens with zero attached hydrogens (tertiary/aromatic N) is 1. The highest BCUT2D eigenvalue weighted by molar-refractivity contribution is 9.10. The molecule has 0 amide bonds. The van der Waals surface area contributed by atoms with Gasteiger partial charge in [0.2, 0.25) is 0 Å². The first kappa shape index (κ1) is 14.7. The van der Waals surface area contributed by atoms with E-state index in [-0.39, 0.29) is 0 Å². The number of anilines is 1. The maximum Gasteiger partial charge on any atom is 0.0494 e. The second-order valence-electron chi connectivity index (χ2n) is 4.39. The summed E-state index contributed by atoms with van der Waals surface area (Å²) in [6.45, 7) is 0.817. The van der Waals surface area contributed by atoms with E-state index >= 15 is 0 Å². The molecule has 0 N–H and O–H groups in total. The Labute approximate surface area is 132 Å². The van der Waals surface area contributed by atoms with Crippen molar-refractivity contribution in [2.45, 2.75) is 12.4 Å². The van der Waals surface area contributed by atoms with Gasteiger partial charge in [-0.2, -0.15) is 0 Å². The van der Waals surface area contributed by atoms with Gasteiger partial charge in [0.25, 0.3) is 0 Å². The van der Waals surface area contributed by atoms with Gasteiger partial charge in [0.1, 0.15) is 0 Å². The standard InChI is InChI=1S/C15H14BrCl2N/c1-19(10-11-2-5-13(16)6-3-11)15-8-14(18)7-4-12(15)9-17/h2-8H,9-10H2,1H3. The van der Waals surface area contributed by atoms with Crippen LogP contribution in [0.5, 0.6) is 0 Å². The molecule has 0 aromatic heterocycles. The van der Waals surface area contributed by atoms with Crippen LogP contribution in [0.25, 0.3) is 0 Å². The predicted octanol–water partition coefficient (Wildman–Crippen LogP) is 5.48. The van der Waals surface area contributed by atoms with E-state index in [9.17, 15) is 0 Å². The van der Waals surface area contributed by atoms with E-state index in [4.69, 9.17) is 23.2 Å². The minimum Gasteiger partial charge on any atom is -0.370 e. The van der Waals surface area contributed by atoms with E-state index in [1.807, 2.05) is 37.4 Å². The van der Waals surface area contributed by atoms with E-state index in [1.165, 1.54) is 5.56 Å². The highest BCUT2D eigenvalue weighted by Crippen LogP contribution is 2.26. The summed E-state index contributed by atoms with van der Waals surface area (Å²) in [7, 11) is 2.05. The lowest BCUT2D eigenvalue weighted by molar-refractivity contribution is 0.916. The van der Waals surface area contributed by atoms with E-state index in [0.717, 1.165) is 27.3 Å². The van der Waals surface area contributed by atoms with Gasteiger partial charge in [-0.05, 0) is 35.4 Å². The average molecular weight is 359 g/mol. The topological polar surface area (TPSA) is 3.24 Å². The number of alkyl halides is 1. The zero-order chi connectivity index (χ0) is 13.8. The Hall–Kier alpha value is -0.700. The maximum atomic E-state index is 6.07. The van der Waals surface area contributed by atoms with Crippen molar-refractivity contribution in [2.24, 2.45) is 0 Å². The molecule has 0 saturated heterocycles. The molecular formula is C15H14BrCl2N. The van der Waals surface area contributed by atoms with Crippen LogP contribution in [0.4, 0.5) is 5.69 Å². The number of hydrogen-bond donors (Lipinski definition) is 0. The zero-order valence-corrected chi connectivity index (χ0v) is 13.6. The minimum atomic E-state index is 0.483. The Balaban J connectivity index is 2.21. The van der Waals surface area contributed by atoms with Crippen molar-refractivity contribution in [2.75, 3.05) is 11.9 Å². The summed E-state index contributed by atoms with van der Waals surface area (Å²) in [5.74, 6) is 0.483. The lowest BCUT2D eigenvalue weighted by Crippen LogP contribution is -2.17. The molecule has 0 aliphatic heterocycles. The fourth-order valence-electron chi connectivity index (χ4n) is 1.95. The molecule has 0 unspecified atom stereocenters. The van der Waals surface area contributed by atoms with Crippen LogP contribution < -0.4 is 4.90 Å². The third-order valence-electron chi connectivity index (χ3n) is 2.94. The van der Waals surface area contributed by atoms with Crippen molar-refractivity contribution in [3.8, 4) is 0 Å². The van der Waals surface area contributed by atoms with E-state index in [2.05, 4.69) is 33.0 Å². The van der Waals surface area contributed by atoms with Crippen LogP contribution in [0.1, 0.15) is 11.1 Å². The molecule has 0 aliphatic carbocycles. The molecule has 0 fully saturated rings. The molecule has 2 rings (SSSR count). The second-order valence-corrected chi connectivity index (χ2v) is 6.01. The minimum absolute atomic E-state index is 0.483. The summed E-state index contributed by atoms with van der Waals surface area (Å²) in [5, 5.41) is 0.728. The Morgan fingerprint density at radius 2 is 1.79 bits per heavy atom. The first-order chi connectivity index (χ1) is 9.10. The average Bonchev–Trinajstić information content (AvgIpc) is 2.41. The van der Waals surface area contributed by atoms with Crippen LogP contribution in [0.15, 0.2) is 46.9 Å². The van der Waals surface area contributed by atoms with Gasteiger partial charge in [0, 0.05) is 34.7 Å². The van der Waals surface area contributed by atoms with Gasteiger partial charge in [-0.15, -0.1) is 11.6 Å². The molecule has 2 aromatic carbocycles. The van der Waals surface area contributed by atoms with E-state index < -0.39 is 0 Å². The molecule has 0 heterocycles. The summed E-state index contributed by atoms with van der Waals surface area (Å²) < 4.78 is 1.09. The third-order valence-corrected chi connectivity index (χ3v) is 3.99. The highest BCUT2D eigenvalue weighted by Gasteiger charge is 2.08. The van der Waals surface area contributed by atoms with Crippen LogP contribution in [0.3, 0.4) is 0 Å². The Kier molecular flexibility index (Phi) is 5.14. The molecule has 19 heavy (non-hydrogen) atoms. The Bertz CT molecular complexity index is 555. The monoisotopic (exact) mass is 357 g/mol. The van der Waals surface area contributed by atoms with Gasteiger partial charge in [-0.1, -0.05) is 45.7 Å². The molecule has 0 radical (unpaired) electrons. The van der Waals surface area contributed by atoms with Crippen molar-refractivity contribution in [3.05, 3.63) is 63.1 Å². The molecule has 0 atom stereocenters. The number of hydrogen-bond acceptors (Lipinski definition) is 1. The quantitative estimate of drug-likeness (QED) is 0.654. The molecule has 0 bridgehead atoms.